The van der Waals surface area contributed by atoms with E-state index in [4.69, 9.17) is 23.7 Å². The molecule has 3 atom stereocenters. The summed E-state index contributed by atoms with van der Waals surface area (Å²) >= 11 is 0. The van der Waals surface area contributed by atoms with Gasteiger partial charge < -0.3 is 33.9 Å². The lowest BCUT2D eigenvalue weighted by molar-refractivity contribution is -0.181. The van der Waals surface area contributed by atoms with Gasteiger partial charge in [0.1, 0.15) is 28.8 Å². The summed E-state index contributed by atoms with van der Waals surface area (Å²) in [7, 11) is 2.80. The van der Waals surface area contributed by atoms with E-state index in [0.29, 0.717) is 30.1 Å². The number of carboxylic acid groups (broad SMARTS) is 1. The average molecular weight is 579 g/mol. The van der Waals surface area contributed by atoms with Crippen LogP contribution in [0.1, 0.15) is 43.4 Å². The number of rotatable bonds is 16. The molecule has 4 rings (SSSR count). The maximum Gasteiger partial charge on any atom is 0.315 e. The van der Waals surface area contributed by atoms with Crippen LogP contribution in [0.25, 0.3) is 0 Å². The summed E-state index contributed by atoms with van der Waals surface area (Å²) < 4.78 is 29.3. The molecule has 0 radical (unpaired) electrons. The lowest BCUT2D eigenvalue weighted by Crippen LogP contribution is -2.47. The van der Waals surface area contributed by atoms with Crippen molar-refractivity contribution in [2.45, 2.75) is 37.9 Å². The number of para-hydroxylation sites is 1. The third-order valence-corrected chi connectivity index (χ3v) is 7.73. The Morgan fingerprint density at radius 3 is 1.98 bits per heavy atom. The Balaban J connectivity index is 1.60. The summed E-state index contributed by atoms with van der Waals surface area (Å²) in [6.45, 7) is 2.78. The summed E-state index contributed by atoms with van der Waals surface area (Å²) in [4.78, 5) is 25.8. The number of esters is 1. The minimum Gasteiger partial charge on any atom is -0.508 e. The minimum absolute atomic E-state index is 0.0417. The molecule has 9 heteroatoms. The SMILES string of the molecule is CCOC(=O)C(C(OC)c1ccc(O)cc1)C(CC(=O)O)(OC)c1ccc(OCC2(COc3ccccc3)CC2)cc1. The molecular weight excluding hydrogens is 540 g/mol. The quantitative estimate of drug-likeness (QED) is 0.212. The lowest BCUT2D eigenvalue weighted by atomic mass is 9.73. The molecule has 3 aromatic carbocycles. The van der Waals surface area contributed by atoms with Gasteiger partial charge in [-0.2, -0.15) is 0 Å². The predicted molar refractivity (Wildman–Crippen MR) is 154 cm³/mol. The molecule has 0 bridgehead atoms. The van der Waals surface area contributed by atoms with Gasteiger partial charge in [0.2, 0.25) is 0 Å². The summed E-state index contributed by atoms with van der Waals surface area (Å²) in [6, 6.07) is 22.7. The molecule has 1 aliphatic rings. The first-order valence-electron chi connectivity index (χ1n) is 13.9. The number of aromatic hydroxyl groups is 1. The molecule has 224 valence electrons. The number of benzene rings is 3. The van der Waals surface area contributed by atoms with E-state index in [2.05, 4.69) is 0 Å². The standard InChI is InChI=1S/C33H38O9/c1-4-40-31(37)29(30(38-2)23-10-14-25(34)15-11-23)33(39-3,20-28(35)36)24-12-16-27(17-13-24)42-22-32(18-19-32)21-41-26-8-6-5-7-9-26/h5-17,29-30,34H,4,18-22H2,1-3H3,(H,35,36). The first kappa shape index (κ1) is 30.9. The van der Waals surface area contributed by atoms with Crippen molar-refractivity contribution in [3.05, 3.63) is 90.0 Å². The Morgan fingerprint density at radius 1 is 0.881 bits per heavy atom. The fourth-order valence-corrected chi connectivity index (χ4v) is 5.18. The molecule has 0 aromatic heterocycles. The van der Waals surface area contributed by atoms with Crippen molar-refractivity contribution in [3.63, 3.8) is 0 Å². The van der Waals surface area contributed by atoms with Gasteiger partial charge in [-0.3, -0.25) is 9.59 Å². The number of ether oxygens (including phenoxy) is 5. The van der Waals surface area contributed by atoms with Crippen molar-refractivity contribution in [1.29, 1.82) is 0 Å². The van der Waals surface area contributed by atoms with Crippen molar-refractivity contribution in [1.82, 2.24) is 0 Å². The van der Waals surface area contributed by atoms with Crippen molar-refractivity contribution in [2.24, 2.45) is 11.3 Å². The number of aliphatic carboxylic acids is 1. The van der Waals surface area contributed by atoms with Crippen LogP contribution in [0.4, 0.5) is 0 Å². The van der Waals surface area contributed by atoms with Gasteiger partial charge in [0.25, 0.3) is 0 Å². The number of carbonyl (C=O) groups is 2. The summed E-state index contributed by atoms with van der Waals surface area (Å²) in [6.07, 6.45) is 0.519. The number of methoxy groups -OCH3 is 2. The predicted octanol–water partition coefficient (Wildman–Crippen LogP) is 5.51. The van der Waals surface area contributed by atoms with Crippen molar-refractivity contribution in [3.8, 4) is 17.2 Å². The van der Waals surface area contributed by atoms with Gasteiger partial charge in [0, 0.05) is 19.6 Å². The molecular formula is C33H38O9. The third-order valence-electron chi connectivity index (χ3n) is 7.73. The Morgan fingerprint density at radius 2 is 1.48 bits per heavy atom. The van der Waals surface area contributed by atoms with Gasteiger partial charge in [-0.15, -0.1) is 0 Å². The van der Waals surface area contributed by atoms with Crippen LogP contribution in [0.15, 0.2) is 78.9 Å². The van der Waals surface area contributed by atoms with Crippen LogP contribution < -0.4 is 9.47 Å². The number of hydrogen-bond donors (Lipinski definition) is 2. The molecule has 9 nitrogen and oxygen atoms in total. The molecule has 1 fully saturated rings. The highest BCUT2D eigenvalue weighted by molar-refractivity contribution is 5.78. The number of phenolic OH excluding ortho intramolecular Hbond substituents is 1. The number of hydrogen-bond acceptors (Lipinski definition) is 8. The second-order valence-electron chi connectivity index (χ2n) is 10.6. The van der Waals surface area contributed by atoms with Crippen molar-refractivity contribution >= 4 is 11.9 Å². The zero-order valence-corrected chi connectivity index (χ0v) is 24.2. The van der Waals surface area contributed by atoms with Gasteiger partial charge in [-0.1, -0.05) is 42.5 Å². The molecule has 3 unspecified atom stereocenters. The molecule has 42 heavy (non-hydrogen) atoms. The molecule has 0 heterocycles. The van der Waals surface area contributed by atoms with E-state index in [-0.39, 0.29) is 17.8 Å². The maximum absolute atomic E-state index is 13.5. The zero-order valence-electron chi connectivity index (χ0n) is 24.2. The highest BCUT2D eigenvalue weighted by Crippen LogP contribution is 2.48. The van der Waals surface area contributed by atoms with E-state index < -0.39 is 36.0 Å². The largest absolute Gasteiger partial charge is 0.508 e. The van der Waals surface area contributed by atoms with Gasteiger partial charge >= 0.3 is 11.9 Å². The second kappa shape index (κ2) is 13.7. The number of phenols is 1. The number of carbonyl (C=O) groups excluding carboxylic acids is 1. The van der Waals surface area contributed by atoms with E-state index in [1.807, 2.05) is 30.3 Å². The van der Waals surface area contributed by atoms with Crippen LogP contribution in [0.5, 0.6) is 17.2 Å². The normalized spacial score (nSPS) is 16.5. The topological polar surface area (TPSA) is 121 Å². The Labute approximate surface area is 245 Å². The van der Waals surface area contributed by atoms with Crippen LogP contribution in [0.2, 0.25) is 0 Å². The Kier molecular flexibility index (Phi) is 10.1. The van der Waals surface area contributed by atoms with Gasteiger partial charge in [0.05, 0.1) is 32.3 Å². The first-order valence-corrected chi connectivity index (χ1v) is 13.9. The minimum atomic E-state index is -1.66. The molecule has 2 N–H and O–H groups in total. The Bertz CT molecular complexity index is 1300. The smallest absolute Gasteiger partial charge is 0.315 e. The van der Waals surface area contributed by atoms with Crippen LogP contribution in [0.3, 0.4) is 0 Å². The fourth-order valence-electron chi connectivity index (χ4n) is 5.18. The molecule has 0 saturated heterocycles. The van der Waals surface area contributed by atoms with Crippen LogP contribution in [-0.2, 0) is 29.4 Å². The Hall–Kier alpha value is -4.08. The zero-order chi connectivity index (χ0) is 30.2. The second-order valence-corrected chi connectivity index (χ2v) is 10.6. The molecule has 0 aliphatic heterocycles. The summed E-state index contributed by atoms with van der Waals surface area (Å²) in [5.74, 6) is -1.58. The first-order chi connectivity index (χ1) is 20.3. The van der Waals surface area contributed by atoms with E-state index in [1.165, 1.54) is 26.4 Å². The van der Waals surface area contributed by atoms with E-state index in [1.54, 1.807) is 43.3 Å². The highest BCUT2D eigenvalue weighted by atomic mass is 16.5. The third kappa shape index (κ3) is 7.21. The maximum atomic E-state index is 13.5. The van der Waals surface area contributed by atoms with Gasteiger partial charge in [-0.25, -0.2) is 0 Å². The number of carboxylic acids is 1. The van der Waals surface area contributed by atoms with Crippen molar-refractivity contribution in [2.75, 3.05) is 34.0 Å². The molecule has 3 aromatic rings. The van der Waals surface area contributed by atoms with Crippen molar-refractivity contribution < 1.29 is 43.5 Å². The highest BCUT2D eigenvalue weighted by Gasteiger charge is 2.52. The molecule has 1 saturated carbocycles. The van der Waals surface area contributed by atoms with Crippen LogP contribution in [-0.4, -0.2) is 56.2 Å². The molecule has 0 spiro atoms. The lowest BCUT2D eigenvalue weighted by Gasteiger charge is -2.41. The van der Waals surface area contributed by atoms with Gasteiger partial charge in [0.15, 0.2) is 0 Å². The summed E-state index contributed by atoms with van der Waals surface area (Å²) in [5.41, 5.74) is -0.713. The molecule has 0 amide bonds. The van der Waals surface area contributed by atoms with Crippen LogP contribution >= 0.6 is 0 Å². The van der Waals surface area contributed by atoms with E-state index >= 15 is 0 Å². The summed E-state index contributed by atoms with van der Waals surface area (Å²) in [5, 5.41) is 19.8. The van der Waals surface area contributed by atoms with E-state index in [9.17, 15) is 19.8 Å². The average Bonchev–Trinajstić information content (AvgIpc) is 3.78. The van der Waals surface area contributed by atoms with Gasteiger partial charge in [-0.05, 0) is 67.3 Å². The van der Waals surface area contributed by atoms with E-state index in [0.717, 1.165) is 18.6 Å². The monoisotopic (exact) mass is 578 g/mol. The van der Waals surface area contributed by atoms with Crippen LogP contribution in [0, 0.1) is 11.3 Å². The fraction of sp³-hybridized carbons (Fsp3) is 0.394. The molecule has 1 aliphatic carbocycles.